The normalized spacial score (nSPS) is 12.0. The maximum atomic E-state index is 6.86. The molecule has 6 aromatic rings. The van der Waals surface area contributed by atoms with Gasteiger partial charge in [-0.3, -0.25) is 0 Å². The number of rotatable bonds is 24. The number of nitrogens with one attached hydrogen (secondary N) is 4. The van der Waals surface area contributed by atoms with Crippen molar-refractivity contribution >= 4 is 92.2 Å². The number of aromatic nitrogens is 6. The maximum absolute atomic E-state index is 6.86. The van der Waals surface area contributed by atoms with Gasteiger partial charge < -0.3 is 51.7 Å². The lowest BCUT2D eigenvalue weighted by Gasteiger charge is -2.24. The third-order valence-electron chi connectivity index (χ3n) is 11.7. The molecule has 72 heavy (non-hydrogen) atoms. The predicted octanol–water partition coefficient (Wildman–Crippen LogP) is 12.2. The first-order valence-corrected chi connectivity index (χ1v) is 27.7. The number of hydrogen-bond donors (Lipinski definition) is 6. The number of halogens is 2. The first-order chi connectivity index (χ1) is 35.0. The van der Waals surface area contributed by atoms with E-state index in [1.807, 2.05) is 0 Å². The van der Waals surface area contributed by atoms with Crippen molar-refractivity contribution in [1.29, 1.82) is 0 Å². The Morgan fingerprint density at radius 3 is 0.958 bits per heavy atom. The Hall–Kier alpha value is -5.64. The van der Waals surface area contributed by atoms with Gasteiger partial charge in [-0.25, -0.2) is 0 Å². The molecule has 1 aliphatic rings. The van der Waals surface area contributed by atoms with Crippen LogP contribution in [-0.4, -0.2) is 69.4 Å². The van der Waals surface area contributed by atoms with E-state index in [9.17, 15) is 0 Å². The molecule has 0 unspecified atom stereocenters. The quantitative estimate of drug-likeness (QED) is 0.0245. The molecule has 384 valence electrons. The van der Waals surface area contributed by atoms with Crippen molar-refractivity contribution in [2.75, 3.05) is 72.3 Å². The number of nitrogens with zero attached hydrogens (tertiary/aromatic N) is 6. The Bertz CT molecular complexity index is 2500. The van der Waals surface area contributed by atoms with Gasteiger partial charge in [0.25, 0.3) is 0 Å². The van der Waals surface area contributed by atoms with Gasteiger partial charge in [-0.2, -0.15) is 29.9 Å². The molecule has 7 rings (SSSR count). The molecular formula is C54H70I2N12O4. The van der Waals surface area contributed by atoms with E-state index in [0.717, 1.165) is 150 Å². The van der Waals surface area contributed by atoms with Crippen LogP contribution in [0.25, 0.3) is 0 Å². The zero-order valence-electron chi connectivity index (χ0n) is 42.6. The number of unbranched alkanes of at least 4 members (excludes halogenated alkanes) is 2. The molecule has 0 aliphatic heterocycles. The minimum absolute atomic E-state index is 0.125. The fraction of sp³-hybridized carbons (Fsp3) is 0.444. The number of ether oxygens (including phenoxy) is 4. The summed E-state index contributed by atoms with van der Waals surface area (Å²) in [4.78, 5) is 27.3. The summed E-state index contributed by atoms with van der Waals surface area (Å²) in [6.07, 6.45) is 9.38. The van der Waals surface area contributed by atoms with Gasteiger partial charge >= 0.3 is 0 Å². The number of nitrogen functional groups attached to an aromatic ring is 2. The Kier molecular flexibility index (Phi) is 20.2. The summed E-state index contributed by atoms with van der Waals surface area (Å²) in [5, 5.41) is 13.6. The van der Waals surface area contributed by atoms with E-state index in [0.29, 0.717) is 75.9 Å². The monoisotopic (exact) mass is 1200 g/mol. The lowest BCUT2D eigenvalue weighted by Crippen LogP contribution is -2.12. The molecule has 0 atom stereocenters. The van der Waals surface area contributed by atoms with Crippen LogP contribution in [0.4, 0.5) is 47.1 Å². The summed E-state index contributed by atoms with van der Waals surface area (Å²) < 4.78 is 29.6. The van der Waals surface area contributed by atoms with Crippen molar-refractivity contribution in [2.24, 2.45) is 0 Å². The molecule has 2 heterocycles. The van der Waals surface area contributed by atoms with E-state index in [1.54, 1.807) is 0 Å². The molecule has 0 saturated heterocycles. The molecule has 0 spiro atoms. The summed E-state index contributed by atoms with van der Waals surface area (Å²) in [6, 6.07) is 17.4. The van der Waals surface area contributed by atoms with E-state index in [1.165, 1.54) is 0 Å². The summed E-state index contributed by atoms with van der Waals surface area (Å²) in [7, 11) is 0. The van der Waals surface area contributed by atoms with Crippen molar-refractivity contribution in [3.05, 3.63) is 100 Å². The lowest BCUT2D eigenvalue weighted by molar-refractivity contribution is 0.304. The van der Waals surface area contributed by atoms with Gasteiger partial charge in [-0.1, -0.05) is 54.4 Å². The van der Waals surface area contributed by atoms with Crippen LogP contribution in [-0.2, 0) is 25.7 Å². The second kappa shape index (κ2) is 26.9. The average Bonchev–Trinajstić information content (AvgIpc) is 3.32. The van der Waals surface area contributed by atoms with Crippen molar-refractivity contribution in [3.63, 3.8) is 0 Å². The summed E-state index contributed by atoms with van der Waals surface area (Å²) in [5.41, 5.74) is 22.2. The SMILES string of the molecule is CCCCNc1nc(N)nc(Nc2cc3c(OCCC)c(c2)Cc2cc(I)cc(c2OCCC)Cc2cc(Nc4nc(N)nc(NCCCC)n4)cc(c2OCCC)Cc2cc(I)cc(c2OCCC)C3)n1. The Morgan fingerprint density at radius 1 is 0.403 bits per heavy atom. The standard InChI is InChI=1S/C54H70I2N12O4/c1-7-13-15-59-51-63-49(57)65-53(67-51)61-43-29-37-21-33-25-41(55)27-35(45(33)69-17-9-3)23-39-31-44(62-54-66-50(58)64-52(68-54)60-16-14-8-2)32-40(48(39)72-20-12-6)24-36-28-42(56)26-34(46(36)70-18-10-4)22-38(30-43)47(37)71-19-11-5/h25-32H,7-24H2,1-6H3,(H4,57,59,61,63,65,67)(H4,58,60,62,64,66,68). The molecule has 18 heteroatoms. The number of hydrogen-bond acceptors (Lipinski definition) is 16. The molecule has 0 radical (unpaired) electrons. The van der Waals surface area contributed by atoms with Crippen molar-refractivity contribution in [1.82, 2.24) is 29.9 Å². The van der Waals surface area contributed by atoms with Crippen LogP contribution in [0.5, 0.6) is 23.0 Å². The number of anilines is 8. The molecule has 0 saturated carbocycles. The van der Waals surface area contributed by atoms with Crippen molar-refractivity contribution in [3.8, 4) is 23.0 Å². The maximum Gasteiger partial charge on any atom is 0.233 e. The van der Waals surface area contributed by atoms with Crippen LogP contribution in [0, 0.1) is 7.14 Å². The highest BCUT2D eigenvalue weighted by Gasteiger charge is 2.25. The van der Waals surface area contributed by atoms with E-state index >= 15 is 0 Å². The van der Waals surface area contributed by atoms with Gasteiger partial charge in [0.15, 0.2) is 0 Å². The molecule has 8 bridgehead atoms. The van der Waals surface area contributed by atoms with E-state index in [4.69, 9.17) is 40.4 Å². The fourth-order valence-electron chi connectivity index (χ4n) is 8.57. The largest absolute Gasteiger partial charge is 0.493 e. The Morgan fingerprint density at radius 2 is 0.681 bits per heavy atom. The van der Waals surface area contributed by atoms with E-state index in [-0.39, 0.29) is 11.9 Å². The van der Waals surface area contributed by atoms with E-state index in [2.05, 4.69) is 176 Å². The second-order valence-electron chi connectivity index (χ2n) is 17.9. The first-order valence-electron chi connectivity index (χ1n) is 25.5. The highest BCUT2D eigenvalue weighted by atomic mass is 127. The summed E-state index contributed by atoms with van der Waals surface area (Å²) in [6.45, 7) is 16.4. The lowest BCUT2D eigenvalue weighted by atomic mass is 9.90. The van der Waals surface area contributed by atoms with Crippen LogP contribution in [0.1, 0.15) is 137 Å². The zero-order chi connectivity index (χ0) is 51.0. The molecule has 2 aromatic heterocycles. The minimum Gasteiger partial charge on any atom is -0.493 e. The smallest absolute Gasteiger partial charge is 0.233 e. The highest BCUT2D eigenvalue weighted by molar-refractivity contribution is 14.1. The van der Waals surface area contributed by atoms with Gasteiger partial charge in [-0.05, 0) is 154 Å². The Labute approximate surface area is 452 Å². The van der Waals surface area contributed by atoms with Gasteiger partial charge in [0.2, 0.25) is 35.7 Å². The topological polar surface area (TPSA) is 214 Å². The van der Waals surface area contributed by atoms with Crippen molar-refractivity contribution < 1.29 is 18.9 Å². The van der Waals surface area contributed by atoms with Gasteiger partial charge in [-0.15, -0.1) is 0 Å². The van der Waals surface area contributed by atoms with Gasteiger partial charge in [0.05, 0.1) is 26.4 Å². The predicted molar refractivity (Wildman–Crippen MR) is 307 cm³/mol. The van der Waals surface area contributed by atoms with Gasteiger partial charge in [0, 0.05) is 79.5 Å². The molecule has 16 nitrogen and oxygen atoms in total. The molecule has 0 fully saturated rings. The average molecular weight is 1210 g/mol. The highest BCUT2D eigenvalue weighted by Crippen LogP contribution is 2.42. The number of fused-ring (bicyclic) bond motifs is 8. The van der Waals surface area contributed by atoms with Crippen molar-refractivity contribution in [2.45, 2.75) is 119 Å². The molecule has 1 aliphatic carbocycles. The first kappa shape index (κ1) is 54.1. The number of nitrogens with two attached hydrogens (primary N) is 2. The molecule has 0 amide bonds. The fourth-order valence-corrected chi connectivity index (χ4v) is 10.1. The van der Waals surface area contributed by atoms with Gasteiger partial charge in [0.1, 0.15) is 23.0 Å². The molecule has 8 N–H and O–H groups in total. The number of benzene rings is 4. The van der Waals surface area contributed by atoms with Crippen LogP contribution >= 0.6 is 45.2 Å². The van der Waals surface area contributed by atoms with Crippen LogP contribution < -0.4 is 51.7 Å². The Balaban J connectivity index is 1.47. The van der Waals surface area contributed by atoms with Crippen LogP contribution in [0.2, 0.25) is 0 Å². The second-order valence-corrected chi connectivity index (χ2v) is 20.4. The third-order valence-corrected chi connectivity index (χ3v) is 12.9. The van der Waals surface area contributed by atoms with E-state index < -0.39 is 0 Å². The summed E-state index contributed by atoms with van der Waals surface area (Å²) >= 11 is 4.86. The third kappa shape index (κ3) is 14.7. The zero-order valence-corrected chi connectivity index (χ0v) is 46.9. The molecule has 4 aromatic carbocycles. The molecular weight excluding hydrogens is 1130 g/mol. The van der Waals surface area contributed by atoms with Crippen LogP contribution in [0.15, 0.2) is 48.5 Å². The van der Waals surface area contributed by atoms with Crippen LogP contribution in [0.3, 0.4) is 0 Å². The minimum atomic E-state index is 0.125. The summed E-state index contributed by atoms with van der Waals surface area (Å²) in [5.74, 6) is 5.11.